The third-order valence-electron chi connectivity index (χ3n) is 4.28. The van der Waals surface area contributed by atoms with Gasteiger partial charge in [0.2, 0.25) is 5.91 Å². The second-order valence-corrected chi connectivity index (χ2v) is 6.74. The van der Waals surface area contributed by atoms with Crippen LogP contribution in [-0.4, -0.2) is 29.9 Å². The molecule has 2 heterocycles. The molecule has 0 saturated heterocycles. The highest BCUT2D eigenvalue weighted by atomic mass is 32.1. The number of amides is 2. The maximum atomic E-state index is 12.6. The Morgan fingerprint density at radius 1 is 1.38 bits per heavy atom. The number of nitrogens with two attached hydrogens (primary N) is 1. The predicted molar refractivity (Wildman–Crippen MR) is 93.2 cm³/mol. The van der Waals surface area contributed by atoms with Crippen molar-refractivity contribution in [1.82, 2.24) is 4.90 Å². The summed E-state index contributed by atoms with van der Waals surface area (Å²) in [6.45, 7) is 2.77. The number of fused-ring (bicyclic) bond motifs is 1. The molecule has 3 rings (SSSR count). The molecular weight excluding hydrogens is 324 g/mol. The molecular formula is C18H20N2O3S. The Balaban J connectivity index is 1.67. The lowest BCUT2D eigenvalue weighted by atomic mass is 9.98. The minimum absolute atomic E-state index is 0.0387. The minimum atomic E-state index is -0.515. The lowest BCUT2D eigenvalue weighted by molar-refractivity contribution is -0.136. The van der Waals surface area contributed by atoms with E-state index in [1.807, 2.05) is 4.90 Å². The van der Waals surface area contributed by atoms with Gasteiger partial charge in [0.15, 0.2) is 6.61 Å². The number of benzene rings is 1. The molecule has 0 bridgehead atoms. The number of rotatable bonds is 5. The molecule has 0 saturated carbocycles. The van der Waals surface area contributed by atoms with E-state index in [0.717, 1.165) is 19.4 Å². The summed E-state index contributed by atoms with van der Waals surface area (Å²) < 4.78 is 5.58. The Morgan fingerprint density at radius 2 is 2.21 bits per heavy atom. The first kappa shape index (κ1) is 16.5. The summed E-state index contributed by atoms with van der Waals surface area (Å²) in [5.74, 6) is -0.0806. The highest BCUT2D eigenvalue weighted by Gasteiger charge is 2.30. The number of thiophene rings is 1. The van der Waals surface area contributed by atoms with Gasteiger partial charge < -0.3 is 15.4 Å². The van der Waals surface area contributed by atoms with E-state index in [0.29, 0.717) is 11.3 Å². The fourth-order valence-corrected chi connectivity index (χ4v) is 4.03. The second kappa shape index (κ2) is 7.05. The van der Waals surface area contributed by atoms with Gasteiger partial charge in [-0.2, -0.15) is 0 Å². The monoisotopic (exact) mass is 344 g/mol. The largest absolute Gasteiger partial charge is 0.484 e. The Hall–Kier alpha value is -2.34. The van der Waals surface area contributed by atoms with Crippen LogP contribution in [0.1, 0.15) is 40.2 Å². The van der Waals surface area contributed by atoms with Crippen LogP contribution in [0.2, 0.25) is 0 Å². The van der Waals surface area contributed by atoms with Crippen molar-refractivity contribution in [2.45, 2.75) is 25.8 Å². The van der Waals surface area contributed by atoms with E-state index in [4.69, 9.17) is 10.5 Å². The van der Waals surface area contributed by atoms with Gasteiger partial charge in [-0.05, 0) is 48.1 Å². The molecule has 0 fully saturated rings. The Kier molecular flexibility index (Phi) is 4.85. The maximum Gasteiger partial charge on any atom is 0.261 e. The fourth-order valence-electron chi connectivity index (χ4n) is 3.10. The Labute approximate surface area is 145 Å². The number of carbonyl (C=O) groups excluding carboxylic acids is 2. The third kappa shape index (κ3) is 3.28. The van der Waals surface area contributed by atoms with Crippen molar-refractivity contribution < 1.29 is 14.3 Å². The zero-order valence-electron chi connectivity index (χ0n) is 13.5. The summed E-state index contributed by atoms with van der Waals surface area (Å²) in [5, 5.41) is 2.09. The van der Waals surface area contributed by atoms with Crippen LogP contribution in [0.15, 0.2) is 35.7 Å². The van der Waals surface area contributed by atoms with Gasteiger partial charge in [-0.1, -0.05) is 13.0 Å². The highest BCUT2D eigenvalue weighted by Crippen LogP contribution is 2.35. The van der Waals surface area contributed by atoms with Crippen molar-refractivity contribution in [3.05, 3.63) is 51.7 Å². The van der Waals surface area contributed by atoms with Crippen LogP contribution in [0.25, 0.3) is 0 Å². The van der Waals surface area contributed by atoms with Gasteiger partial charge in [0.25, 0.3) is 5.91 Å². The zero-order chi connectivity index (χ0) is 17.1. The van der Waals surface area contributed by atoms with Gasteiger partial charge in [-0.25, -0.2) is 0 Å². The SMILES string of the molecule is CC[C@@H]1c2ccsc2CCN1C(=O)COc1cccc(C(N)=O)c1. The molecule has 24 heavy (non-hydrogen) atoms. The molecule has 2 N–H and O–H groups in total. The summed E-state index contributed by atoms with van der Waals surface area (Å²) in [6, 6.07) is 8.81. The first-order valence-electron chi connectivity index (χ1n) is 7.98. The van der Waals surface area contributed by atoms with Gasteiger partial charge >= 0.3 is 0 Å². The quantitative estimate of drug-likeness (QED) is 0.906. The van der Waals surface area contributed by atoms with Crippen molar-refractivity contribution in [3.63, 3.8) is 0 Å². The minimum Gasteiger partial charge on any atom is -0.484 e. The van der Waals surface area contributed by atoms with E-state index in [1.165, 1.54) is 10.4 Å². The van der Waals surface area contributed by atoms with Crippen molar-refractivity contribution >= 4 is 23.2 Å². The van der Waals surface area contributed by atoms with Gasteiger partial charge in [-0.3, -0.25) is 9.59 Å². The van der Waals surface area contributed by atoms with Crippen LogP contribution in [-0.2, 0) is 11.2 Å². The van der Waals surface area contributed by atoms with Crippen molar-refractivity contribution in [1.29, 1.82) is 0 Å². The molecule has 2 aromatic rings. The van der Waals surface area contributed by atoms with E-state index < -0.39 is 5.91 Å². The molecule has 0 radical (unpaired) electrons. The molecule has 2 amide bonds. The molecule has 1 aliphatic rings. The summed E-state index contributed by atoms with van der Waals surface area (Å²) in [5.41, 5.74) is 6.89. The van der Waals surface area contributed by atoms with Crippen molar-refractivity contribution in [2.24, 2.45) is 5.73 Å². The normalized spacial score (nSPS) is 16.5. The molecule has 6 heteroatoms. The predicted octanol–water partition coefficient (Wildman–Crippen LogP) is 2.76. The molecule has 1 atom stereocenters. The second-order valence-electron chi connectivity index (χ2n) is 5.74. The molecule has 0 unspecified atom stereocenters. The topological polar surface area (TPSA) is 72.6 Å². The molecule has 1 aromatic carbocycles. The number of primary amides is 1. The molecule has 0 aliphatic carbocycles. The summed E-state index contributed by atoms with van der Waals surface area (Å²) in [4.78, 5) is 27.1. The van der Waals surface area contributed by atoms with Gasteiger partial charge in [-0.15, -0.1) is 11.3 Å². The van der Waals surface area contributed by atoms with Gasteiger partial charge in [0, 0.05) is 17.0 Å². The third-order valence-corrected chi connectivity index (χ3v) is 5.28. The van der Waals surface area contributed by atoms with Crippen LogP contribution in [0, 0.1) is 0 Å². The maximum absolute atomic E-state index is 12.6. The van der Waals surface area contributed by atoms with E-state index in [-0.39, 0.29) is 18.6 Å². The summed E-state index contributed by atoms with van der Waals surface area (Å²) >= 11 is 1.76. The Bertz CT molecular complexity index is 756. The molecule has 5 nitrogen and oxygen atoms in total. The first-order valence-corrected chi connectivity index (χ1v) is 8.86. The number of hydrogen-bond acceptors (Lipinski definition) is 4. The van der Waals surface area contributed by atoms with Gasteiger partial charge in [0.1, 0.15) is 5.75 Å². The number of ether oxygens (including phenoxy) is 1. The Morgan fingerprint density at radius 3 is 2.96 bits per heavy atom. The summed E-state index contributed by atoms with van der Waals surface area (Å²) in [7, 11) is 0. The molecule has 0 spiro atoms. The average molecular weight is 344 g/mol. The van der Waals surface area contributed by atoms with Crippen molar-refractivity contribution in [2.75, 3.05) is 13.2 Å². The van der Waals surface area contributed by atoms with E-state index in [1.54, 1.807) is 35.6 Å². The van der Waals surface area contributed by atoms with E-state index in [9.17, 15) is 9.59 Å². The van der Waals surface area contributed by atoms with Crippen LogP contribution in [0.3, 0.4) is 0 Å². The number of carbonyl (C=O) groups is 2. The van der Waals surface area contributed by atoms with E-state index in [2.05, 4.69) is 18.4 Å². The first-order chi connectivity index (χ1) is 11.6. The summed E-state index contributed by atoms with van der Waals surface area (Å²) in [6.07, 6.45) is 1.78. The molecule has 1 aliphatic heterocycles. The average Bonchev–Trinajstić information content (AvgIpc) is 3.07. The lowest BCUT2D eigenvalue weighted by Gasteiger charge is -2.35. The molecule has 126 valence electrons. The van der Waals surface area contributed by atoms with Gasteiger partial charge in [0.05, 0.1) is 6.04 Å². The van der Waals surface area contributed by atoms with Crippen LogP contribution >= 0.6 is 11.3 Å². The smallest absolute Gasteiger partial charge is 0.261 e. The molecule has 1 aromatic heterocycles. The van der Waals surface area contributed by atoms with E-state index >= 15 is 0 Å². The van der Waals surface area contributed by atoms with Crippen LogP contribution < -0.4 is 10.5 Å². The van der Waals surface area contributed by atoms with Crippen molar-refractivity contribution in [3.8, 4) is 5.75 Å². The van der Waals surface area contributed by atoms with Crippen LogP contribution in [0.4, 0.5) is 0 Å². The number of hydrogen-bond donors (Lipinski definition) is 1. The highest BCUT2D eigenvalue weighted by molar-refractivity contribution is 7.10. The standard InChI is InChI=1S/C18H20N2O3S/c1-2-15-14-7-9-24-16(14)6-8-20(15)17(21)11-23-13-5-3-4-12(10-13)18(19)22/h3-5,7,9-10,15H,2,6,8,11H2,1H3,(H2,19,22)/t15-/m1/s1. The number of nitrogens with zero attached hydrogens (tertiary/aromatic N) is 1. The fraction of sp³-hybridized carbons (Fsp3) is 0.333. The zero-order valence-corrected chi connectivity index (χ0v) is 14.3. The van der Waals surface area contributed by atoms with Crippen LogP contribution in [0.5, 0.6) is 5.75 Å². The lowest BCUT2D eigenvalue weighted by Crippen LogP contribution is -2.41.